The lowest BCUT2D eigenvalue weighted by Gasteiger charge is -2.29. The zero-order valence-corrected chi connectivity index (χ0v) is 23.6. The fourth-order valence-corrected chi connectivity index (χ4v) is 4.91. The first-order valence-electron chi connectivity index (χ1n) is 13.4. The van der Waals surface area contributed by atoms with Crippen LogP contribution in [-0.2, 0) is 20.7 Å². The monoisotopic (exact) mass is 554 g/mol. The predicted octanol–water partition coefficient (Wildman–Crippen LogP) is 7.22. The molecule has 5 rings (SSSR count). The van der Waals surface area contributed by atoms with Crippen molar-refractivity contribution in [2.45, 2.75) is 27.2 Å². The summed E-state index contributed by atoms with van der Waals surface area (Å²) in [6, 6.07) is 25.9. The molecular formula is C33H31ClN2O4. The van der Waals surface area contributed by atoms with Gasteiger partial charge in [-0.2, -0.15) is 0 Å². The second-order valence-electron chi connectivity index (χ2n) is 10.2. The van der Waals surface area contributed by atoms with Gasteiger partial charge in [-0.25, -0.2) is 4.98 Å². The molecule has 6 nitrogen and oxygen atoms in total. The van der Waals surface area contributed by atoms with Crippen molar-refractivity contribution in [1.82, 2.24) is 4.98 Å². The van der Waals surface area contributed by atoms with Crippen LogP contribution < -0.4 is 9.64 Å². The Morgan fingerprint density at radius 3 is 2.25 bits per heavy atom. The maximum absolute atomic E-state index is 12.7. The largest absolute Gasteiger partial charge is 0.482 e. The number of ether oxygens (including phenoxy) is 2. The minimum atomic E-state index is -0.472. The van der Waals surface area contributed by atoms with E-state index in [2.05, 4.69) is 44.2 Å². The molecule has 4 aromatic rings. The first-order valence-corrected chi connectivity index (χ1v) is 13.8. The zero-order valence-electron chi connectivity index (χ0n) is 22.8. The van der Waals surface area contributed by atoms with Gasteiger partial charge in [-0.1, -0.05) is 61.8 Å². The highest BCUT2D eigenvalue weighted by Gasteiger charge is 2.28. The van der Waals surface area contributed by atoms with E-state index < -0.39 is 5.97 Å². The Kier molecular flexibility index (Phi) is 8.17. The Labute approximate surface area is 239 Å². The van der Waals surface area contributed by atoms with Crippen molar-refractivity contribution >= 4 is 29.2 Å². The average Bonchev–Trinajstić information content (AvgIpc) is 2.95. The highest BCUT2D eigenvalue weighted by molar-refractivity contribution is 6.30. The van der Waals surface area contributed by atoms with E-state index in [-0.39, 0.29) is 25.7 Å². The third kappa shape index (κ3) is 6.18. The van der Waals surface area contributed by atoms with Gasteiger partial charge in [-0.15, -0.1) is 0 Å². The number of fused-ring (bicyclic) bond motifs is 1. The molecule has 40 heavy (non-hydrogen) atoms. The summed E-state index contributed by atoms with van der Waals surface area (Å²) in [5.74, 6) is 0.331. The number of carbonyl (C=O) groups is 2. The van der Waals surface area contributed by atoms with Gasteiger partial charge in [0.25, 0.3) is 5.91 Å². The van der Waals surface area contributed by atoms with Crippen molar-refractivity contribution in [2.24, 2.45) is 5.92 Å². The van der Waals surface area contributed by atoms with Crippen LogP contribution in [0.1, 0.15) is 26.3 Å². The normalized spacial score (nSPS) is 12.7. The summed E-state index contributed by atoms with van der Waals surface area (Å²) in [4.78, 5) is 31.4. The Balaban J connectivity index is 1.59. The minimum absolute atomic E-state index is 0.132. The quantitative estimate of drug-likeness (QED) is 0.215. The SMILES string of the molecule is CCOC(=O)CN1C(=O)COc2ccc(-c3cc(-c4ccc(Cl)cc4)cc(-c4ccc(CC(C)C)cc4)n3)cc21. The minimum Gasteiger partial charge on any atom is -0.482 e. The van der Waals surface area contributed by atoms with E-state index >= 15 is 0 Å². The molecule has 7 heteroatoms. The number of aromatic nitrogens is 1. The number of carbonyl (C=O) groups excluding carboxylic acids is 2. The summed E-state index contributed by atoms with van der Waals surface area (Å²) < 4.78 is 10.8. The van der Waals surface area contributed by atoms with Gasteiger partial charge >= 0.3 is 5.97 Å². The smallest absolute Gasteiger partial charge is 0.326 e. The van der Waals surface area contributed by atoms with Crippen LogP contribution in [0.25, 0.3) is 33.6 Å². The number of hydrogen-bond acceptors (Lipinski definition) is 5. The molecule has 204 valence electrons. The summed E-state index contributed by atoms with van der Waals surface area (Å²) >= 11 is 6.16. The Morgan fingerprint density at radius 2 is 1.57 bits per heavy atom. The standard InChI is InChI=1S/C33H31ClN2O4/c1-4-39-33(38)19-36-30-18-25(11-14-31(30)40-20-32(36)37)29-17-26(23-9-12-27(34)13-10-23)16-28(35-29)24-7-5-22(6-8-24)15-21(2)3/h5-14,16-18,21H,4,15,19-20H2,1-3H3. The molecule has 3 aromatic carbocycles. The van der Waals surface area contributed by atoms with E-state index in [1.807, 2.05) is 48.5 Å². The summed E-state index contributed by atoms with van der Waals surface area (Å²) in [5, 5.41) is 0.667. The van der Waals surface area contributed by atoms with E-state index in [4.69, 9.17) is 26.1 Å². The molecule has 0 unspecified atom stereocenters. The Morgan fingerprint density at radius 1 is 0.925 bits per heavy atom. The molecule has 1 aromatic heterocycles. The van der Waals surface area contributed by atoms with Crippen LogP contribution in [0.4, 0.5) is 5.69 Å². The Bertz CT molecular complexity index is 1530. The van der Waals surface area contributed by atoms with Crippen LogP contribution in [-0.4, -0.2) is 36.6 Å². The number of amides is 1. The first kappa shape index (κ1) is 27.4. The second kappa shape index (κ2) is 11.9. The molecule has 1 aliphatic heterocycles. The van der Waals surface area contributed by atoms with Crippen LogP contribution in [0.5, 0.6) is 5.75 Å². The molecule has 0 radical (unpaired) electrons. The van der Waals surface area contributed by atoms with Crippen molar-refractivity contribution in [3.8, 4) is 39.4 Å². The highest BCUT2D eigenvalue weighted by Crippen LogP contribution is 2.37. The summed E-state index contributed by atoms with van der Waals surface area (Å²) in [6.45, 7) is 6.09. The van der Waals surface area contributed by atoms with Gasteiger partial charge in [-0.05, 0) is 78.4 Å². The summed E-state index contributed by atoms with van der Waals surface area (Å²) in [5.41, 5.74) is 7.14. The zero-order chi connectivity index (χ0) is 28.2. The fraction of sp³-hybridized carbons (Fsp3) is 0.242. The lowest BCUT2D eigenvalue weighted by molar-refractivity contribution is -0.142. The molecule has 0 N–H and O–H groups in total. The van der Waals surface area contributed by atoms with Crippen molar-refractivity contribution in [3.05, 3.63) is 89.4 Å². The number of halogens is 1. The lowest BCUT2D eigenvalue weighted by atomic mass is 9.98. The van der Waals surface area contributed by atoms with Gasteiger partial charge in [0.1, 0.15) is 12.3 Å². The fourth-order valence-electron chi connectivity index (χ4n) is 4.79. The first-order chi connectivity index (χ1) is 19.3. The van der Waals surface area contributed by atoms with E-state index in [0.29, 0.717) is 22.4 Å². The number of nitrogens with zero attached hydrogens (tertiary/aromatic N) is 2. The van der Waals surface area contributed by atoms with Crippen LogP contribution in [0.15, 0.2) is 78.9 Å². The molecule has 0 saturated carbocycles. The lowest BCUT2D eigenvalue weighted by Crippen LogP contribution is -2.42. The molecule has 0 spiro atoms. The topological polar surface area (TPSA) is 68.7 Å². The number of anilines is 1. The third-order valence-corrected chi connectivity index (χ3v) is 6.94. The van der Waals surface area contributed by atoms with Crippen molar-refractivity contribution in [1.29, 1.82) is 0 Å². The van der Waals surface area contributed by atoms with Crippen LogP contribution >= 0.6 is 11.6 Å². The second-order valence-corrected chi connectivity index (χ2v) is 10.6. The van der Waals surface area contributed by atoms with Crippen LogP contribution in [0.3, 0.4) is 0 Å². The maximum Gasteiger partial charge on any atom is 0.326 e. The van der Waals surface area contributed by atoms with Gasteiger partial charge in [0.15, 0.2) is 6.61 Å². The number of rotatable bonds is 8. The molecule has 0 fully saturated rings. The predicted molar refractivity (Wildman–Crippen MR) is 159 cm³/mol. The van der Waals surface area contributed by atoms with Crippen LogP contribution in [0, 0.1) is 5.92 Å². The molecule has 1 aliphatic rings. The maximum atomic E-state index is 12.7. The van der Waals surface area contributed by atoms with Crippen molar-refractivity contribution in [2.75, 3.05) is 24.7 Å². The molecule has 0 bridgehead atoms. The van der Waals surface area contributed by atoms with E-state index in [0.717, 1.165) is 40.1 Å². The van der Waals surface area contributed by atoms with Gasteiger partial charge < -0.3 is 9.47 Å². The number of pyridine rings is 1. The molecule has 2 heterocycles. The van der Waals surface area contributed by atoms with E-state index in [1.165, 1.54) is 10.5 Å². The van der Waals surface area contributed by atoms with E-state index in [1.54, 1.807) is 6.92 Å². The molecule has 0 saturated heterocycles. The van der Waals surface area contributed by atoms with Crippen molar-refractivity contribution in [3.63, 3.8) is 0 Å². The molecule has 0 aliphatic carbocycles. The summed E-state index contributed by atoms with van der Waals surface area (Å²) in [6.07, 6.45) is 1.02. The Hall–Kier alpha value is -4.16. The number of hydrogen-bond donors (Lipinski definition) is 0. The number of esters is 1. The van der Waals surface area contributed by atoms with Crippen molar-refractivity contribution < 1.29 is 19.1 Å². The van der Waals surface area contributed by atoms with Crippen LogP contribution in [0.2, 0.25) is 5.02 Å². The van der Waals surface area contributed by atoms with Gasteiger partial charge in [0.05, 0.1) is 23.7 Å². The molecule has 1 amide bonds. The number of benzene rings is 3. The van der Waals surface area contributed by atoms with E-state index in [9.17, 15) is 9.59 Å². The average molecular weight is 555 g/mol. The third-order valence-electron chi connectivity index (χ3n) is 6.69. The highest BCUT2D eigenvalue weighted by atomic mass is 35.5. The van der Waals surface area contributed by atoms with Gasteiger partial charge in [0, 0.05) is 16.1 Å². The summed E-state index contributed by atoms with van der Waals surface area (Å²) in [7, 11) is 0. The van der Waals surface area contributed by atoms with Gasteiger partial charge in [0.2, 0.25) is 0 Å². The molecule has 0 atom stereocenters. The molecular weight excluding hydrogens is 524 g/mol. The van der Waals surface area contributed by atoms with Gasteiger partial charge in [-0.3, -0.25) is 14.5 Å².